The lowest BCUT2D eigenvalue weighted by Crippen LogP contribution is -2.53. The Kier molecular flexibility index (Phi) is 8.80. The second-order valence-electron chi connectivity index (χ2n) is 9.36. The quantitative estimate of drug-likeness (QED) is 0.534. The molecule has 10 nitrogen and oxygen atoms in total. The Bertz CT molecular complexity index is 917. The van der Waals surface area contributed by atoms with E-state index in [-0.39, 0.29) is 31.4 Å². The van der Waals surface area contributed by atoms with Gasteiger partial charge < -0.3 is 19.7 Å². The highest BCUT2D eigenvalue weighted by atomic mass is 32.2. The summed E-state index contributed by atoms with van der Waals surface area (Å²) < 4.78 is 40.7. The van der Waals surface area contributed by atoms with Crippen molar-refractivity contribution in [3.8, 4) is 5.75 Å². The van der Waals surface area contributed by atoms with Gasteiger partial charge in [0, 0.05) is 26.7 Å². The number of carbonyl (C=O) groups is 1. The van der Waals surface area contributed by atoms with Gasteiger partial charge in [-0.3, -0.25) is 4.90 Å². The van der Waals surface area contributed by atoms with E-state index in [2.05, 4.69) is 0 Å². The van der Waals surface area contributed by atoms with Gasteiger partial charge in [-0.25, -0.2) is 4.79 Å². The molecule has 192 valence electrons. The Morgan fingerprint density at radius 1 is 1.15 bits per heavy atom. The number of nitrogens with zero attached hydrogens (tertiary/aromatic N) is 3. The fourth-order valence-electron chi connectivity index (χ4n) is 4.90. The van der Waals surface area contributed by atoms with Gasteiger partial charge in [0.15, 0.2) is 0 Å². The minimum atomic E-state index is -3.87. The average Bonchev–Trinajstić information content (AvgIpc) is 3.13. The zero-order chi connectivity index (χ0) is 25.0. The summed E-state index contributed by atoms with van der Waals surface area (Å²) >= 11 is 0. The molecule has 11 heteroatoms. The van der Waals surface area contributed by atoms with Gasteiger partial charge in [0.2, 0.25) is 0 Å². The van der Waals surface area contributed by atoms with Crippen molar-refractivity contribution in [2.45, 2.75) is 75.9 Å². The SMILES string of the molecule is COc1ccc(CN([C@H]2C[C@@H](C)N(C(=O)O)[C@H]2COC2CCC(O)CC2)S(=O)(=O)N(C)C)cc1. The molecular weight excluding hydrogens is 462 g/mol. The Balaban J connectivity index is 1.89. The number of hydrogen-bond donors (Lipinski definition) is 2. The van der Waals surface area contributed by atoms with E-state index in [0.29, 0.717) is 37.9 Å². The van der Waals surface area contributed by atoms with E-state index < -0.39 is 28.4 Å². The molecule has 1 aliphatic heterocycles. The predicted molar refractivity (Wildman–Crippen MR) is 127 cm³/mol. The third-order valence-electron chi connectivity index (χ3n) is 6.85. The van der Waals surface area contributed by atoms with Gasteiger partial charge in [0.05, 0.1) is 38.0 Å². The van der Waals surface area contributed by atoms with Crippen LogP contribution in [-0.4, -0.2) is 96.4 Å². The van der Waals surface area contributed by atoms with Crippen molar-refractivity contribution < 1.29 is 32.9 Å². The molecule has 2 aliphatic rings. The molecule has 0 aromatic heterocycles. The van der Waals surface area contributed by atoms with Crippen molar-refractivity contribution in [1.82, 2.24) is 13.5 Å². The third-order valence-corrected chi connectivity index (χ3v) is 8.77. The summed E-state index contributed by atoms with van der Waals surface area (Å²) in [7, 11) is 0.650. The monoisotopic (exact) mass is 499 g/mol. The van der Waals surface area contributed by atoms with Gasteiger partial charge in [-0.15, -0.1) is 0 Å². The second-order valence-corrected chi connectivity index (χ2v) is 11.5. The van der Waals surface area contributed by atoms with Crippen LogP contribution in [0.3, 0.4) is 0 Å². The maximum Gasteiger partial charge on any atom is 0.407 e. The fraction of sp³-hybridized carbons (Fsp3) is 0.696. The lowest BCUT2D eigenvalue weighted by atomic mass is 9.95. The van der Waals surface area contributed by atoms with E-state index in [1.165, 1.54) is 23.3 Å². The number of methoxy groups -OCH3 is 1. The van der Waals surface area contributed by atoms with Crippen molar-refractivity contribution in [1.29, 1.82) is 0 Å². The van der Waals surface area contributed by atoms with E-state index >= 15 is 0 Å². The molecule has 1 saturated heterocycles. The van der Waals surface area contributed by atoms with E-state index in [9.17, 15) is 23.4 Å². The van der Waals surface area contributed by atoms with Crippen molar-refractivity contribution in [3.05, 3.63) is 29.8 Å². The van der Waals surface area contributed by atoms with E-state index in [0.717, 1.165) is 9.87 Å². The first kappa shape index (κ1) is 26.7. The first-order valence-corrected chi connectivity index (χ1v) is 13.1. The van der Waals surface area contributed by atoms with Crippen LogP contribution in [-0.2, 0) is 21.5 Å². The number of aliphatic hydroxyl groups is 1. The Morgan fingerprint density at radius 2 is 1.76 bits per heavy atom. The minimum Gasteiger partial charge on any atom is -0.497 e. The summed E-state index contributed by atoms with van der Waals surface area (Å²) in [5.74, 6) is 0.668. The maximum atomic E-state index is 13.4. The molecule has 0 radical (unpaired) electrons. The van der Waals surface area contributed by atoms with Gasteiger partial charge >= 0.3 is 6.09 Å². The second kappa shape index (κ2) is 11.2. The lowest BCUT2D eigenvalue weighted by Gasteiger charge is -2.36. The predicted octanol–water partition coefficient (Wildman–Crippen LogP) is 2.13. The number of likely N-dealkylation sites (tertiary alicyclic amines) is 1. The van der Waals surface area contributed by atoms with Crippen LogP contribution in [0.5, 0.6) is 5.75 Å². The molecular formula is C23H37N3O7S. The van der Waals surface area contributed by atoms with Crippen LogP contribution < -0.4 is 4.74 Å². The normalized spacial score (nSPS) is 28.0. The van der Waals surface area contributed by atoms with Crippen LogP contribution in [0.15, 0.2) is 24.3 Å². The van der Waals surface area contributed by atoms with Crippen molar-refractivity contribution in [2.75, 3.05) is 27.8 Å². The molecule has 3 rings (SSSR count). The first-order valence-electron chi connectivity index (χ1n) is 11.7. The zero-order valence-corrected chi connectivity index (χ0v) is 21.1. The highest BCUT2D eigenvalue weighted by molar-refractivity contribution is 7.86. The minimum absolute atomic E-state index is 0.0731. The van der Waals surface area contributed by atoms with E-state index in [4.69, 9.17) is 9.47 Å². The van der Waals surface area contributed by atoms with Gasteiger partial charge in [0.1, 0.15) is 5.75 Å². The molecule has 1 aromatic rings. The molecule has 1 heterocycles. The highest BCUT2D eigenvalue weighted by Crippen LogP contribution is 2.33. The maximum absolute atomic E-state index is 13.4. The van der Waals surface area contributed by atoms with E-state index in [1.54, 1.807) is 26.2 Å². The number of amides is 1. The van der Waals surface area contributed by atoms with Crippen LogP contribution in [0.2, 0.25) is 0 Å². The van der Waals surface area contributed by atoms with Gasteiger partial charge in [-0.2, -0.15) is 17.0 Å². The molecule has 1 aromatic carbocycles. The summed E-state index contributed by atoms with van der Waals surface area (Å²) in [5.41, 5.74) is 0.772. The number of benzene rings is 1. The Hall–Kier alpha value is -1.92. The van der Waals surface area contributed by atoms with E-state index in [1.807, 2.05) is 12.1 Å². The number of hydrogen-bond acceptors (Lipinski definition) is 6. The molecule has 2 N–H and O–H groups in total. The van der Waals surface area contributed by atoms with Gasteiger partial charge in [-0.05, 0) is 56.7 Å². The number of aliphatic hydroxyl groups excluding tert-OH is 1. The summed E-state index contributed by atoms with van der Waals surface area (Å²) in [4.78, 5) is 13.5. The smallest absolute Gasteiger partial charge is 0.407 e. The average molecular weight is 500 g/mol. The van der Waals surface area contributed by atoms with Crippen LogP contribution in [0.25, 0.3) is 0 Å². The molecule has 0 bridgehead atoms. The number of rotatable bonds is 9. The number of ether oxygens (including phenoxy) is 2. The standard InChI is InChI=1S/C23H37N3O7S/c1-16-13-21(22(26(16)23(28)29)15-33-20-11-7-18(27)8-12-20)25(34(30,31)24(2)3)14-17-5-9-19(32-4)10-6-17/h5-6,9-10,16,18,20-22,27H,7-8,11-15H2,1-4H3,(H,28,29)/t16-,18?,20?,21+,22+/m1/s1. The first-order chi connectivity index (χ1) is 16.0. The highest BCUT2D eigenvalue weighted by Gasteiger charge is 2.48. The molecule has 34 heavy (non-hydrogen) atoms. The summed E-state index contributed by atoms with van der Waals surface area (Å²) in [6.07, 6.45) is 1.59. The molecule has 1 aliphatic carbocycles. The Labute approximate surface area is 202 Å². The summed E-state index contributed by atoms with van der Waals surface area (Å²) in [6.45, 7) is 2.00. The molecule has 0 spiro atoms. The number of carboxylic acid groups (broad SMARTS) is 1. The van der Waals surface area contributed by atoms with Crippen molar-refractivity contribution >= 4 is 16.3 Å². The largest absolute Gasteiger partial charge is 0.497 e. The Morgan fingerprint density at radius 3 is 2.29 bits per heavy atom. The van der Waals surface area contributed by atoms with Crippen LogP contribution in [0.4, 0.5) is 4.79 Å². The van der Waals surface area contributed by atoms with Crippen LogP contribution in [0.1, 0.15) is 44.6 Å². The van der Waals surface area contributed by atoms with Gasteiger partial charge in [0.25, 0.3) is 10.2 Å². The third kappa shape index (κ3) is 6.01. The molecule has 0 unspecified atom stereocenters. The topological polar surface area (TPSA) is 120 Å². The molecule has 1 saturated carbocycles. The van der Waals surface area contributed by atoms with Crippen LogP contribution in [0, 0.1) is 0 Å². The van der Waals surface area contributed by atoms with Gasteiger partial charge in [-0.1, -0.05) is 12.1 Å². The van der Waals surface area contributed by atoms with Crippen molar-refractivity contribution in [3.63, 3.8) is 0 Å². The summed E-state index contributed by atoms with van der Waals surface area (Å²) in [5, 5.41) is 19.7. The lowest BCUT2D eigenvalue weighted by molar-refractivity contribution is -0.0288. The summed E-state index contributed by atoms with van der Waals surface area (Å²) in [6, 6.07) is 5.57. The fourth-order valence-corrected chi connectivity index (χ4v) is 6.20. The van der Waals surface area contributed by atoms with Crippen LogP contribution >= 0.6 is 0 Å². The molecule has 3 atom stereocenters. The zero-order valence-electron chi connectivity index (χ0n) is 20.3. The molecule has 1 amide bonds. The van der Waals surface area contributed by atoms with Crippen molar-refractivity contribution in [2.24, 2.45) is 0 Å². The molecule has 2 fully saturated rings.